The van der Waals surface area contributed by atoms with Gasteiger partial charge in [-0.25, -0.2) is 4.99 Å². The molecule has 3 aromatic rings. The van der Waals surface area contributed by atoms with E-state index in [9.17, 15) is 0 Å². The average Bonchev–Trinajstić information content (AvgIpc) is 3.45. The molecule has 1 fully saturated rings. The molecule has 0 saturated carbocycles. The number of thioether (sulfide) groups is 1. The summed E-state index contributed by atoms with van der Waals surface area (Å²) in [6, 6.07) is 16.5. The SMILES string of the molecule is CC[C@H]1CSC2=N[C@@H](c3ccccn3)[C@@H](c3ccc(-c4cccc(Cl)c4C)o3)N21. The Bertz CT molecular complexity index is 1060. The van der Waals surface area contributed by atoms with Gasteiger partial charge < -0.3 is 9.32 Å². The third-order valence-corrected chi connectivity index (χ3v) is 7.32. The van der Waals surface area contributed by atoms with Gasteiger partial charge in [0.25, 0.3) is 0 Å². The lowest BCUT2D eigenvalue weighted by Crippen LogP contribution is -2.35. The van der Waals surface area contributed by atoms with Crippen LogP contribution in [0.15, 0.2) is 64.1 Å². The fraction of sp³-hybridized carbons (Fsp3) is 0.304. The summed E-state index contributed by atoms with van der Waals surface area (Å²) in [5, 5.41) is 1.86. The third-order valence-electron chi connectivity index (χ3n) is 5.78. The van der Waals surface area contributed by atoms with E-state index in [1.54, 1.807) is 0 Å². The van der Waals surface area contributed by atoms with E-state index in [4.69, 9.17) is 21.0 Å². The molecule has 3 atom stereocenters. The van der Waals surface area contributed by atoms with Crippen molar-refractivity contribution in [3.05, 3.63) is 76.8 Å². The maximum Gasteiger partial charge on any atom is 0.161 e. The molecule has 1 saturated heterocycles. The first-order valence-electron chi connectivity index (χ1n) is 9.92. The lowest BCUT2D eigenvalue weighted by Gasteiger charge is -2.30. The summed E-state index contributed by atoms with van der Waals surface area (Å²) in [6.07, 6.45) is 2.92. The second kappa shape index (κ2) is 7.54. The van der Waals surface area contributed by atoms with Crippen LogP contribution in [0.2, 0.25) is 5.02 Å². The highest BCUT2D eigenvalue weighted by Gasteiger charge is 2.46. The van der Waals surface area contributed by atoms with Crippen LogP contribution in [0.25, 0.3) is 11.3 Å². The smallest absolute Gasteiger partial charge is 0.161 e. The fourth-order valence-electron chi connectivity index (χ4n) is 4.19. The Morgan fingerprint density at radius 2 is 2.07 bits per heavy atom. The lowest BCUT2D eigenvalue weighted by atomic mass is 10.0. The predicted octanol–water partition coefficient (Wildman–Crippen LogP) is 6.28. The number of hydrogen-bond donors (Lipinski definition) is 0. The maximum atomic E-state index is 6.43. The highest BCUT2D eigenvalue weighted by Crippen LogP contribution is 2.49. The molecular weight excluding hydrogens is 402 g/mol. The van der Waals surface area contributed by atoms with E-state index in [2.05, 4.69) is 35.0 Å². The van der Waals surface area contributed by atoms with E-state index < -0.39 is 0 Å². The zero-order valence-electron chi connectivity index (χ0n) is 16.4. The van der Waals surface area contributed by atoms with Gasteiger partial charge in [0, 0.05) is 28.6 Å². The summed E-state index contributed by atoms with van der Waals surface area (Å²) in [5.41, 5.74) is 3.04. The average molecular weight is 424 g/mol. The Labute approximate surface area is 180 Å². The number of nitrogens with zero attached hydrogens (tertiary/aromatic N) is 3. The number of fused-ring (bicyclic) bond motifs is 1. The molecule has 4 nitrogen and oxygen atoms in total. The van der Waals surface area contributed by atoms with Crippen molar-refractivity contribution in [2.45, 2.75) is 38.4 Å². The summed E-state index contributed by atoms with van der Waals surface area (Å²) in [5.74, 6) is 2.84. The number of aliphatic imine (C=N–C) groups is 1. The first-order chi connectivity index (χ1) is 14.2. The second-order valence-corrected chi connectivity index (χ2v) is 8.85. The largest absolute Gasteiger partial charge is 0.459 e. The van der Waals surface area contributed by atoms with Gasteiger partial charge in [-0.2, -0.15) is 0 Å². The Morgan fingerprint density at radius 1 is 1.17 bits per heavy atom. The van der Waals surface area contributed by atoms with Crippen molar-refractivity contribution in [1.82, 2.24) is 9.88 Å². The highest BCUT2D eigenvalue weighted by atomic mass is 35.5. The molecular formula is C23H22ClN3OS. The monoisotopic (exact) mass is 423 g/mol. The second-order valence-electron chi connectivity index (χ2n) is 7.45. The van der Waals surface area contributed by atoms with Crippen LogP contribution in [0.5, 0.6) is 0 Å². The summed E-state index contributed by atoms with van der Waals surface area (Å²) in [6.45, 7) is 4.26. The highest BCUT2D eigenvalue weighted by molar-refractivity contribution is 8.14. The van der Waals surface area contributed by atoms with Crippen molar-refractivity contribution in [3.8, 4) is 11.3 Å². The maximum absolute atomic E-state index is 6.43. The van der Waals surface area contributed by atoms with Crippen molar-refractivity contribution in [2.24, 2.45) is 4.99 Å². The van der Waals surface area contributed by atoms with E-state index in [-0.39, 0.29) is 12.1 Å². The predicted molar refractivity (Wildman–Crippen MR) is 119 cm³/mol. The molecule has 0 aliphatic carbocycles. The van der Waals surface area contributed by atoms with Crippen LogP contribution < -0.4 is 0 Å². The minimum atomic E-state index is -0.0625. The molecule has 2 aliphatic heterocycles. The van der Waals surface area contributed by atoms with Crippen molar-refractivity contribution in [3.63, 3.8) is 0 Å². The van der Waals surface area contributed by atoms with E-state index in [1.807, 2.05) is 55.2 Å². The number of furan rings is 1. The topological polar surface area (TPSA) is 41.6 Å². The van der Waals surface area contributed by atoms with Gasteiger partial charge in [-0.05, 0) is 49.2 Å². The van der Waals surface area contributed by atoms with Gasteiger partial charge in [0.15, 0.2) is 5.17 Å². The van der Waals surface area contributed by atoms with Crippen molar-refractivity contribution in [2.75, 3.05) is 5.75 Å². The van der Waals surface area contributed by atoms with Gasteiger partial charge in [0.1, 0.15) is 23.6 Å². The number of benzene rings is 1. The van der Waals surface area contributed by atoms with Crippen LogP contribution in [0.4, 0.5) is 0 Å². The fourth-order valence-corrected chi connectivity index (χ4v) is 5.70. The number of rotatable bonds is 4. The van der Waals surface area contributed by atoms with E-state index in [0.29, 0.717) is 6.04 Å². The summed E-state index contributed by atoms with van der Waals surface area (Å²) >= 11 is 8.17. The van der Waals surface area contributed by atoms with Crippen LogP contribution in [0.3, 0.4) is 0 Å². The van der Waals surface area contributed by atoms with Gasteiger partial charge >= 0.3 is 0 Å². The van der Waals surface area contributed by atoms with Gasteiger partial charge in [-0.15, -0.1) is 0 Å². The summed E-state index contributed by atoms with van der Waals surface area (Å²) in [4.78, 5) is 12.1. The van der Waals surface area contributed by atoms with Crippen molar-refractivity contribution < 1.29 is 4.42 Å². The van der Waals surface area contributed by atoms with Crippen LogP contribution in [-0.2, 0) is 0 Å². The molecule has 2 aromatic heterocycles. The molecule has 5 rings (SSSR count). The summed E-state index contributed by atoms with van der Waals surface area (Å²) in [7, 11) is 0. The number of amidine groups is 1. The Kier molecular flexibility index (Phi) is 4.88. The normalized spacial score (nSPS) is 23.3. The zero-order valence-corrected chi connectivity index (χ0v) is 18.0. The Balaban J connectivity index is 1.57. The van der Waals surface area contributed by atoms with E-state index in [0.717, 1.165) is 50.7 Å². The van der Waals surface area contributed by atoms with Gasteiger partial charge in [-0.1, -0.05) is 48.5 Å². The van der Waals surface area contributed by atoms with Gasteiger partial charge in [0.05, 0.1) is 5.69 Å². The van der Waals surface area contributed by atoms with Crippen LogP contribution in [-0.4, -0.2) is 26.8 Å². The molecule has 0 unspecified atom stereocenters. The first-order valence-corrected chi connectivity index (χ1v) is 11.3. The molecule has 0 bridgehead atoms. The summed E-state index contributed by atoms with van der Waals surface area (Å²) < 4.78 is 6.43. The molecule has 0 radical (unpaired) electrons. The molecule has 29 heavy (non-hydrogen) atoms. The van der Waals surface area contributed by atoms with E-state index in [1.165, 1.54) is 0 Å². The third kappa shape index (κ3) is 3.17. The molecule has 1 aromatic carbocycles. The molecule has 148 valence electrons. The standard InChI is InChI=1S/C23H22ClN3OS/c1-3-15-13-29-23-26-21(18-9-4-5-12-25-18)22(27(15)23)20-11-10-19(28-20)16-7-6-8-17(24)14(16)2/h4-12,15,21-22H,3,13H2,1-2H3/t15-,21-,22+/m0/s1. The number of hydrogen-bond acceptors (Lipinski definition) is 5. The molecule has 2 aliphatic rings. The molecule has 6 heteroatoms. The van der Waals surface area contributed by atoms with Crippen LogP contribution in [0.1, 0.15) is 42.4 Å². The first kappa shape index (κ1) is 18.8. The van der Waals surface area contributed by atoms with Gasteiger partial charge in [-0.3, -0.25) is 4.98 Å². The minimum absolute atomic E-state index is 0.0214. The Morgan fingerprint density at radius 3 is 2.86 bits per heavy atom. The number of pyridine rings is 1. The van der Waals surface area contributed by atoms with Gasteiger partial charge in [0.2, 0.25) is 0 Å². The molecule has 0 N–H and O–H groups in total. The number of aromatic nitrogens is 1. The number of halogens is 1. The quantitative estimate of drug-likeness (QED) is 0.495. The van der Waals surface area contributed by atoms with Crippen LogP contribution in [0, 0.1) is 6.92 Å². The molecule has 4 heterocycles. The molecule has 0 spiro atoms. The van der Waals surface area contributed by atoms with E-state index >= 15 is 0 Å². The van der Waals surface area contributed by atoms with Crippen molar-refractivity contribution >= 4 is 28.5 Å². The van der Waals surface area contributed by atoms with Crippen molar-refractivity contribution in [1.29, 1.82) is 0 Å². The molecule has 0 amide bonds. The Hall–Kier alpha value is -2.24. The van der Waals surface area contributed by atoms with Crippen LogP contribution >= 0.6 is 23.4 Å². The minimum Gasteiger partial charge on any atom is -0.459 e. The lowest BCUT2D eigenvalue weighted by molar-refractivity contribution is 0.226. The zero-order chi connectivity index (χ0) is 20.0.